The van der Waals surface area contributed by atoms with E-state index in [1.807, 2.05) is 60.7 Å². The molecule has 0 unspecified atom stereocenters. The third kappa shape index (κ3) is 5.89. The van der Waals surface area contributed by atoms with Crippen molar-refractivity contribution in [2.45, 2.75) is 51.2 Å². The molecule has 3 rings (SSSR count). The fourth-order valence-corrected chi connectivity index (χ4v) is 3.38. The van der Waals surface area contributed by atoms with Crippen molar-refractivity contribution in [3.8, 4) is 0 Å². The summed E-state index contributed by atoms with van der Waals surface area (Å²) in [6.45, 7) is 4.56. The van der Waals surface area contributed by atoms with Gasteiger partial charge in [-0.3, -0.25) is 4.79 Å². The van der Waals surface area contributed by atoms with Crippen LogP contribution in [0.2, 0.25) is 0 Å². The molecular weight excluding hydrogens is 370 g/mol. The first kappa shape index (κ1) is 21.0. The Hall–Kier alpha value is -2.70. The van der Waals surface area contributed by atoms with Crippen molar-refractivity contribution in [2.24, 2.45) is 5.92 Å². The zero-order valence-corrected chi connectivity index (χ0v) is 16.7. The monoisotopic (exact) mass is 397 g/mol. The number of amides is 1. The van der Waals surface area contributed by atoms with Gasteiger partial charge in [-0.1, -0.05) is 74.5 Å². The minimum atomic E-state index is -1.12. The summed E-state index contributed by atoms with van der Waals surface area (Å²) in [5.41, 5.74) is 2.00. The molecule has 4 atom stereocenters. The second-order valence-corrected chi connectivity index (χ2v) is 7.69. The van der Waals surface area contributed by atoms with Gasteiger partial charge in [-0.25, -0.2) is 4.79 Å². The van der Waals surface area contributed by atoms with Crippen LogP contribution in [0.15, 0.2) is 60.7 Å². The van der Waals surface area contributed by atoms with Crippen LogP contribution in [-0.4, -0.2) is 35.2 Å². The fourth-order valence-electron chi connectivity index (χ4n) is 3.38. The van der Waals surface area contributed by atoms with Crippen LogP contribution >= 0.6 is 0 Å². The number of carbonyl (C=O) groups excluding carboxylic acids is 1. The van der Waals surface area contributed by atoms with Crippen molar-refractivity contribution in [3.05, 3.63) is 71.8 Å². The summed E-state index contributed by atoms with van der Waals surface area (Å²) >= 11 is 0. The highest BCUT2D eigenvalue weighted by molar-refractivity contribution is 5.92. The van der Waals surface area contributed by atoms with Crippen LogP contribution in [0.4, 0.5) is 0 Å². The maximum atomic E-state index is 12.6. The third-order valence-corrected chi connectivity index (χ3v) is 4.81. The van der Waals surface area contributed by atoms with Gasteiger partial charge in [0.15, 0.2) is 12.2 Å². The Labute approximate surface area is 170 Å². The average Bonchev–Trinajstić information content (AvgIpc) is 3.50. The van der Waals surface area contributed by atoms with Crippen LogP contribution in [0.5, 0.6) is 0 Å². The number of carboxylic acids is 1. The van der Waals surface area contributed by atoms with Gasteiger partial charge >= 0.3 is 5.97 Å². The molecule has 1 amide bonds. The number of ether oxygens (including phenoxy) is 2. The smallest absolute Gasteiger partial charge is 0.336 e. The topological polar surface area (TPSA) is 88.2 Å². The highest BCUT2D eigenvalue weighted by Gasteiger charge is 2.51. The lowest BCUT2D eigenvalue weighted by molar-refractivity contribution is -0.138. The number of carboxylic acid groups (broad SMARTS) is 1. The normalized spacial score (nSPS) is 20.1. The summed E-state index contributed by atoms with van der Waals surface area (Å²) in [6.07, 6.45) is -1.68. The molecule has 6 nitrogen and oxygen atoms in total. The van der Waals surface area contributed by atoms with Gasteiger partial charge in [0, 0.05) is 0 Å². The zero-order chi connectivity index (χ0) is 20.8. The minimum Gasteiger partial charge on any atom is -0.479 e. The van der Waals surface area contributed by atoms with Crippen molar-refractivity contribution in [3.63, 3.8) is 0 Å². The highest BCUT2D eigenvalue weighted by atomic mass is 16.6. The summed E-state index contributed by atoms with van der Waals surface area (Å²) in [5, 5.41) is 12.0. The van der Waals surface area contributed by atoms with Gasteiger partial charge in [0.25, 0.3) is 5.91 Å². The summed E-state index contributed by atoms with van der Waals surface area (Å²) in [4.78, 5) is 23.6. The molecule has 154 valence electrons. The summed E-state index contributed by atoms with van der Waals surface area (Å²) < 4.78 is 11.3. The number of rotatable bonds is 10. The number of benzene rings is 2. The third-order valence-electron chi connectivity index (χ3n) is 4.81. The predicted octanol–water partition coefficient (Wildman–Crippen LogP) is 3.33. The van der Waals surface area contributed by atoms with E-state index in [-0.39, 0.29) is 12.1 Å². The molecule has 0 saturated carbocycles. The van der Waals surface area contributed by atoms with Crippen molar-refractivity contribution >= 4 is 11.9 Å². The zero-order valence-electron chi connectivity index (χ0n) is 16.7. The first-order valence-corrected chi connectivity index (χ1v) is 9.85. The van der Waals surface area contributed by atoms with E-state index in [0.29, 0.717) is 18.9 Å². The maximum absolute atomic E-state index is 12.6. The van der Waals surface area contributed by atoms with E-state index in [1.54, 1.807) is 0 Å². The quantitative estimate of drug-likeness (QED) is 0.601. The number of nitrogens with one attached hydrogen (secondary N) is 1. The van der Waals surface area contributed by atoms with Gasteiger partial charge in [-0.2, -0.15) is 0 Å². The van der Waals surface area contributed by atoms with E-state index >= 15 is 0 Å². The van der Waals surface area contributed by atoms with Gasteiger partial charge < -0.3 is 19.9 Å². The molecule has 2 aromatic carbocycles. The van der Waals surface area contributed by atoms with Crippen LogP contribution in [0.25, 0.3) is 0 Å². The molecule has 0 radical (unpaired) electrons. The molecule has 6 heteroatoms. The molecule has 2 N–H and O–H groups in total. The standard InChI is InChI=1S/C23H27NO5/c1-15(2)13-18(24-22(25)20-21(29-20)23(26)27)19(17-11-7-4-8-12-17)28-14-16-9-5-3-6-10-16/h3-12,15,18-21H,13-14H2,1-2H3,(H,24,25)(H,26,27)/t18-,19+,20-,21-/m0/s1. The number of epoxide rings is 1. The number of carbonyl (C=O) groups is 2. The number of aliphatic carboxylic acids is 1. The first-order valence-electron chi connectivity index (χ1n) is 9.85. The first-order chi connectivity index (χ1) is 14.0. The Morgan fingerprint density at radius 2 is 1.66 bits per heavy atom. The number of hydrogen-bond donors (Lipinski definition) is 2. The van der Waals surface area contributed by atoms with Gasteiger partial charge in [-0.05, 0) is 23.5 Å². The lowest BCUT2D eigenvalue weighted by atomic mass is 9.94. The Balaban J connectivity index is 1.78. The van der Waals surface area contributed by atoms with Crippen LogP contribution < -0.4 is 5.32 Å². The molecule has 0 aliphatic carbocycles. The molecule has 1 heterocycles. The van der Waals surface area contributed by atoms with Crippen molar-refractivity contribution in [1.29, 1.82) is 0 Å². The van der Waals surface area contributed by atoms with E-state index in [2.05, 4.69) is 19.2 Å². The van der Waals surface area contributed by atoms with Crippen LogP contribution in [-0.2, 0) is 25.7 Å². The summed E-state index contributed by atoms with van der Waals surface area (Å²) in [5.74, 6) is -1.22. The molecule has 0 aromatic heterocycles. The molecule has 29 heavy (non-hydrogen) atoms. The second kappa shape index (κ2) is 9.67. The molecule has 1 fully saturated rings. The number of hydrogen-bond acceptors (Lipinski definition) is 4. The molecular formula is C23H27NO5. The van der Waals surface area contributed by atoms with Gasteiger partial charge in [0.1, 0.15) is 6.10 Å². The lowest BCUT2D eigenvalue weighted by Gasteiger charge is -2.30. The molecule has 2 aromatic rings. The van der Waals surface area contributed by atoms with Crippen molar-refractivity contribution in [2.75, 3.05) is 0 Å². The Morgan fingerprint density at radius 1 is 1.03 bits per heavy atom. The minimum absolute atomic E-state index is 0.308. The average molecular weight is 397 g/mol. The molecule has 0 spiro atoms. The van der Waals surface area contributed by atoms with Crippen LogP contribution in [0.1, 0.15) is 37.5 Å². The molecule has 1 aliphatic heterocycles. The Kier molecular flexibility index (Phi) is 7.01. The van der Waals surface area contributed by atoms with Gasteiger partial charge in [0.05, 0.1) is 12.6 Å². The van der Waals surface area contributed by atoms with Crippen molar-refractivity contribution in [1.82, 2.24) is 5.32 Å². The highest BCUT2D eigenvalue weighted by Crippen LogP contribution is 2.29. The molecule has 1 aliphatic rings. The van der Waals surface area contributed by atoms with Crippen LogP contribution in [0, 0.1) is 5.92 Å². The molecule has 1 saturated heterocycles. The van der Waals surface area contributed by atoms with E-state index in [9.17, 15) is 9.59 Å². The molecule has 0 bridgehead atoms. The Morgan fingerprint density at radius 3 is 2.21 bits per heavy atom. The largest absolute Gasteiger partial charge is 0.479 e. The predicted molar refractivity (Wildman–Crippen MR) is 108 cm³/mol. The summed E-state index contributed by atoms with van der Waals surface area (Å²) in [6, 6.07) is 19.3. The van der Waals surface area contributed by atoms with E-state index in [0.717, 1.165) is 11.1 Å². The fraction of sp³-hybridized carbons (Fsp3) is 0.391. The second-order valence-electron chi connectivity index (χ2n) is 7.69. The lowest BCUT2D eigenvalue weighted by Crippen LogP contribution is -2.43. The van der Waals surface area contributed by atoms with E-state index < -0.39 is 24.1 Å². The van der Waals surface area contributed by atoms with Gasteiger partial charge in [-0.15, -0.1) is 0 Å². The van der Waals surface area contributed by atoms with Gasteiger partial charge in [0.2, 0.25) is 0 Å². The van der Waals surface area contributed by atoms with E-state index in [1.165, 1.54) is 0 Å². The Bertz CT molecular complexity index is 809. The summed E-state index contributed by atoms with van der Waals surface area (Å²) in [7, 11) is 0. The maximum Gasteiger partial charge on any atom is 0.336 e. The van der Waals surface area contributed by atoms with Crippen molar-refractivity contribution < 1.29 is 24.2 Å². The SMILES string of the molecule is CC(C)C[C@H](NC(=O)[C@H]1O[C@@H]1C(=O)O)[C@H](OCc1ccccc1)c1ccccc1. The van der Waals surface area contributed by atoms with Crippen LogP contribution in [0.3, 0.4) is 0 Å². The van der Waals surface area contributed by atoms with E-state index in [4.69, 9.17) is 14.6 Å².